The molecule has 2 aromatic rings. The molecule has 0 aliphatic heterocycles. The van der Waals surface area contributed by atoms with E-state index in [0.29, 0.717) is 0 Å². The van der Waals surface area contributed by atoms with Crippen molar-refractivity contribution >= 4 is 34.6 Å². The normalized spacial score (nSPS) is 10.6. The average Bonchev–Trinajstić information content (AvgIpc) is 2.45. The Morgan fingerprint density at radius 1 is 1.05 bits per heavy atom. The molecule has 0 saturated carbocycles. The summed E-state index contributed by atoms with van der Waals surface area (Å²) in [5.41, 5.74) is 1.80. The van der Waals surface area contributed by atoms with Gasteiger partial charge >= 0.3 is 0 Å². The standard InChI is InChI=1S/C16H14INO/c1-18(12-11-13-7-3-2-4-8-13)16(19)14-9-5-6-10-15(14)17/h2-12H,1H3/b12-11+. The fourth-order valence-corrected chi connectivity index (χ4v) is 2.27. The second-order valence-corrected chi connectivity index (χ2v) is 5.28. The van der Waals surface area contributed by atoms with E-state index in [1.54, 1.807) is 18.1 Å². The van der Waals surface area contributed by atoms with Crippen molar-refractivity contribution in [2.45, 2.75) is 0 Å². The van der Waals surface area contributed by atoms with Gasteiger partial charge in [0.2, 0.25) is 0 Å². The van der Waals surface area contributed by atoms with Crippen molar-refractivity contribution < 1.29 is 4.79 Å². The van der Waals surface area contributed by atoms with Gasteiger partial charge < -0.3 is 4.90 Å². The summed E-state index contributed by atoms with van der Waals surface area (Å²) in [4.78, 5) is 13.9. The van der Waals surface area contributed by atoms with Crippen LogP contribution in [0.4, 0.5) is 0 Å². The van der Waals surface area contributed by atoms with Crippen molar-refractivity contribution in [1.29, 1.82) is 0 Å². The lowest BCUT2D eigenvalue weighted by Gasteiger charge is -2.13. The van der Waals surface area contributed by atoms with Crippen molar-refractivity contribution in [3.8, 4) is 0 Å². The van der Waals surface area contributed by atoms with Gasteiger partial charge in [-0.2, -0.15) is 0 Å². The third-order valence-electron chi connectivity index (χ3n) is 2.71. The average molecular weight is 363 g/mol. The van der Waals surface area contributed by atoms with Gasteiger partial charge in [0, 0.05) is 16.8 Å². The molecule has 2 rings (SSSR count). The number of halogens is 1. The van der Waals surface area contributed by atoms with Crippen LogP contribution in [0.2, 0.25) is 0 Å². The van der Waals surface area contributed by atoms with Gasteiger partial charge in [0.1, 0.15) is 0 Å². The molecule has 19 heavy (non-hydrogen) atoms. The van der Waals surface area contributed by atoms with Gasteiger partial charge in [0.25, 0.3) is 5.91 Å². The van der Waals surface area contributed by atoms with Gasteiger partial charge in [0.15, 0.2) is 0 Å². The third-order valence-corrected chi connectivity index (χ3v) is 3.66. The molecule has 96 valence electrons. The highest BCUT2D eigenvalue weighted by molar-refractivity contribution is 14.1. The first-order valence-electron chi connectivity index (χ1n) is 5.93. The zero-order valence-electron chi connectivity index (χ0n) is 10.6. The first kappa shape index (κ1) is 13.8. The van der Waals surface area contributed by atoms with Crippen LogP contribution in [0.3, 0.4) is 0 Å². The summed E-state index contributed by atoms with van der Waals surface area (Å²) in [7, 11) is 1.77. The Hall–Kier alpha value is -1.62. The molecule has 0 N–H and O–H groups in total. The van der Waals surface area contributed by atoms with E-state index in [-0.39, 0.29) is 5.91 Å². The largest absolute Gasteiger partial charge is 0.318 e. The maximum Gasteiger partial charge on any atom is 0.258 e. The minimum atomic E-state index is -0.00261. The van der Waals surface area contributed by atoms with Gasteiger partial charge in [-0.1, -0.05) is 42.5 Å². The minimum Gasteiger partial charge on any atom is -0.318 e. The summed E-state index contributed by atoms with van der Waals surface area (Å²) in [5, 5.41) is 0. The molecular weight excluding hydrogens is 349 g/mol. The lowest BCUT2D eigenvalue weighted by Crippen LogP contribution is -2.21. The second kappa shape index (κ2) is 6.52. The van der Waals surface area contributed by atoms with Crippen LogP contribution in [0.5, 0.6) is 0 Å². The van der Waals surface area contributed by atoms with Crippen molar-refractivity contribution in [2.24, 2.45) is 0 Å². The SMILES string of the molecule is CN(/C=C/c1ccccc1)C(=O)c1ccccc1I. The molecule has 0 aliphatic carbocycles. The Morgan fingerprint density at radius 2 is 1.68 bits per heavy atom. The van der Waals surface area contributed by atoms with Crippen LogP contribution in [-0.4, -0.2) is 17.9 Å². The van der Waals surface area contributed by atoms with Crippen LogP contribution in [0.25, 0.3) is 6.08 Å². The summed E-state index contributed by atoms with van der Waals surface area (Å²) >= 11 is 2.18. The van der Waals surface area contributed by atoms with Crippen molar-refractivity contribution in [1.82, 2.24) is 4.90 Å². The molecule has 0 bridgehead atoms. The third kappa shape index (κ3) is 3.67. The number of nitrogens with zero attached hydrogens (tertiary/aromatic N) is 1. The molecular formula is C16H14INO. The minimum absolute atomic E-state index is 0.00261. The predicted molar refractivity (Wildman–Crippen MR) is 86.7 cm³/mol. The molecule has 0 aliphatic rings. The first-order chi connectivity index (χ1) is 9.18. The zero-order valence-corrected chi connectivity index (χ0v) is 12.7. The fourth-order valence-electron chi connectivity index (χ4n) is 1.65. The molecule has 0 radical (unpaired) electrons. The van der Waals surface area contributed by atoms with Gasteiger partial charge in [-0.05, 0) is 46.4 Å². The van der Waals surface area contributed by atoms with Crippen LogP contribution in [0.15, 0.2) is 60.8 Å². The predicted octanol–water partition coefficient (Wildman–Crippen LogP) is 4.03. The second-order valence-electron chi connectivity index (χ2n) is 4.12. The summed E-state index contributed by atoms with van der Waals surface area (Å²) in [5.74, 6) is -0.00261. The lowest BCUT2D eigenvalue weighted by molar-refractivity contribution is 0.0850. The smallest absolute Gasteiger partial charge is 0.258 e. The van der Waals surface area contributed by atoms with Crippen LogP contribution in [0.1, 0.15) is 15.9 Å². The Bertz CT molecular complexity index is 593. The highest BCUT2D eigenvalue weighted by Crippen LogP contribution is 2.14. The van der Waals surface area contributed by atoms with Crippen molar-refractivity contribution in [3.05, 3.63) is 75.5 Å². The Kier molecular flexibility index (Phi) is 4.74. The number of hydrogen-bond acceptors (Lipinski definition) is 1. The quantitative estimate of drug-likeness (QED) is 0.754. The van der Waals surface area contributed by atoms with E-state index >= 15 is 0 Å². The van der Waals surface area contributed by atoms with E-state index in [9.17, 15) is 4.79 Å². The van der Waals surface area contributed by atoms with Gasteiger partial charge in [-0.25, -0.2) is 0 Å². The molecule has 0 spiro atoms. The van der Waals surface area contributed by atoms with E-state index in [1.165, 1.54) is 0 Å². The van der Waals surface area contributed by atoms with E-state index in [1.807, 2.05) is 60.7 Å². The van der Waals surface area contributed by atoms with Crippen LogP contribution in [0, 0.1) is 3.57 Å². The van der Waals surface area contributed by atoms with Crippen molar-refractivity contribution in [2.75, 3.05) is 7.05 Å². The van der Waals surface area contributed by atoms with E-state index in [0.717, 1.165) is 14.7 Å². The van der Waals surface area contributed by atoms with Gasteiger partial charge in [0.05, 0.1) is 5.56 Å². The number of rotatable bonds is 3. The summed E-state index contributed by atoms with van der Waals surface area (Å²) in [6.45, 7) is 0. The molecule has 2 aromatic carbocycles. The number of hydrogen-bond donors (Lipinski definition) is 0. The molecule has 0 aromatic heterocycles. The maximum atomic E-state index is 12.3. The Balaban J connectivity index is 2.13. The van der Waals surface area contributed by atoms with E-state index < -0.39 is 0 Å². The number of carbonyl (C=O) groups is 1. The molecule has 0 atom stereocenters. The van der Waals surface area contributed by atoms with Crippen LogP contribution in [-0.2, 0) is 0 Å². The monoisotopic (exact) mass is 363 g/mol. The summed E-state index contributed by atoms with van der Waals surface area (Å²) < 4.78 is 0.963. The zero-order chi connectivity index (χ0) is 13.7. The van der Waals surface area contributed by atoms with Crippen LogP contribution >= 0.6 is 22.6 Å². The number of benzene rings is 2. The van der Waals surface area contributed by atoms with E-state index in [4.69, 9.17) is 0 Å². The molecule has 3 heteroatoms. The van der Waals surface area contributed by atoms with Gasteiger partial charge in [-0.15, -0.1) is 0 Å². The summed E-state index contributed by atoms with van der Waals surface area (Å²) in [6, 6.07) is 17.5. The maximum absolute atomic E-state index is 12.3. The van der Waals surface area contributed by atoms with Crippen LogP contribution < -0.4 is 0 Å². The molecule has 1 amide bonds. The highest BCUT2D eigenvalue weighted by atomic mass is 127. The Morgan fingerprint density at radius 3 is 2.37 bits per heavy atom. The molecule has 0 unspecified atom stereocenters. The molecule has 0 saturated heterocycles. The summed E-state index contributed by atoms with van der Waals surface area (Å²) in [6.07, 6.45) is 3.72. The first-order valence-corrected chi connectivity index (χ1v) is 7.01. The Labute approximate surface area is 126 Å². The fraction of sp³-hybridized carbons (Fsp3) is 0.0625. The van der Waals surface area contributed by atoms with Gasteiger partial charge in [-0.3, -0.25) is 4.79 Å². The molecule has 0 fully saturated rings. The molecule has 0 heterocycles. The number of carbonyl (C=O) groups excluding carboxylic acids is 1. The lowest BCUT2D eigenvalue weighted by atomic mass is 10.2. The van der Waals surface area contributed by atoms with Crippen molar-refractivity contribution in [3.63, 3.8) is 0 Å². The topological polar surface area (TPSA) is 20.3 Å². The van der Waals surface area contributed by atoms with E-state index in [2.05, 4.69) is 22.6 Å². The highest BCUT2D eigenvalue weighted by Gasteiger charge is 2.11. The molecule has 2 nitrogen and oxygen atoms in total. The number of amides is 1.